The quantitative estimate of drug-likeness (QED) is 0.766. The molecular formula is C20H18O6. The number of carbonyl (C=O) groups excluding carboxylic acids is 2. The highest BCUT2D eigenvalue weighted by Crippen LogP contribution is 2.35. The Labute approximate surface area is 150 Å². The molecule has 0 amide bonds. The zero-order valence-electron chi connectivity index (χ0n) is 14.5. The van der Waals surface area contributed by atoms with Crippen molar-refractivity contribution < 1.29 is 28.5 Å². The summed E-state index contributed by atoms with van der Waals surface area (Å²) in [5.74, 6) is 1.18. The number of ether oxygens (including phenoxy) is 4. The van der Waals surface area contributed by atoms with Crippen molar-refractivity contribution in [1.82, 2.24) is 0 Å². The van der Waals surface area contributed by atoms with Gasteiger partial charge in [0, 0.05) is 23.0 Å². The Morgan fingerprint density at radius 1 is 0.692 bits per heavy atom. The van der Waals surface area contributed by atoms with E-state index >= 15 is 0 Å². The van der Waals surface area contributed by atoms with E-state index in [0.717, 1.165) is 0 Å². The lowest BCUT2D eigenvalue weighted by Crippen LogP contribution is -2.26. The lowest BCUT2D eigenvalue weighted by Gasteiger charge is -2.18. The smallest absolute Gasteiger partial charge is 0.231 e. The standard InChI is InChI=1S/C20H18O6/c1-11(19(21)13-3-5-15-17(7-13)25-9-23-15)12(2)20(22)14-4-6-16-18(8-14)26-10-24-16/h3-8,11-12H,9-10H2,1-2H3/t11-,12-/m0/s1. The second-order valence-electron chi connectivity index (χ2n) is 6.44. The number of benzene rings is 2. The molecule has 134 valence electrons. The predicted octanol–water partition coefficient (Wildman–Crippen LogP) is 3.48. The molecule has 0 unspecified atom stereocenters. The summed E-state index contributed by atoms with van der Waals surface area (Å²) in [5, 5.41) is 0. The number of hydrogen-bond donors (Lipinski definition) is 0. The summed E-state index contributed by atoms with van der Waals surface area (Å²) >= 11 is 0. The number of carbonyl (C=O) groups is 2. The van der Waals surface area contributed by atoms with E-state index in [-0.39, 0.29) is 25.2 Å². The molecule has 2 aliphatic rings. The van der Waals surface area contributed by atoms with Crippen LogP contribution in [0.2, 0.25) is 0 Å². The van der Waals surface area contributed by atoms with Crippen LogP contribution in [0, 0.1) is 11.8 Å². The van der Waals surface area contributed by atoms with Gasteiger partial charge in [-0.05, 0) is 36.4 Å². The van der Waals surface area contributed by atoms with Crippen molar-refractivity contribution in [2.24, 2.45) is 11.8 Å². The summed E-state index contributed by atoms with van der Waals surface area (Å²) in [6, 6.07) is 10.2. The molecule has 0 aliphatic carbocycles. The van der Waals surface area contributed by atoms with E-state index in [0.29, 0.717) is 34.1 Å². The van der Waals surface area contributed by atoms with Crippen LogP contribution in [0.4, 0.5) is 0 Å². The molecule has 0 aromatic heterocycles. The first kappa shape index (κ1) is 16.4. The molecule has 0 radical (unpaired) electrons. The van der Waals surface area contributed by atoms with Crippen molar-refractivity contribution in [3.8, 4) is 23.0 Å². The average Bonchev–Trinajstić information content (AvgIpc) is 3.33. The lowest BCUT2D eigenvalue weighted by molar-refractivity contribution is 0.0794. The Morgan fingerprint density at radius 3 is 1.50 bits per heavy atom. The van der Waals surface area contributed by atoms with E-state index in [9.17, 15) is 9.59 Å². The van der Waals surface area contributed by atoms with E-state index in [4.69, 9.17) is 18.9 Å². The Morgan fingerprint density at radius 2 is 1.08 bits per heavy atom. The summed E-state index contributed by atoms with van der Waals surface area (Å²) in [7, 11) is 0. The molecule has 2 aromatic rings. The van der Waals surface area contributed by atoms with Crippen LogP contribution in [0.1, 0.15) is 34.6 Å². The van der Waals surface area contributed by atoms with Gasteiger partial charge >= 0.3 is 0 Å². The molecule has 0 saturated carbocycles. The van der Waals surface area contributed by atoms with Crippen molar-refractivity contribution in [3.63, 3.8) is 0 Å². The summed E-state index contributed by atoms with van der Waals surface area (Å²) < 4.78 is 21.2. The Bertz CT molecular complexity index is 814. The van der Waals surface area contributed by atoms with E-state index in [1.54, 1.807) is 50.2 Å². The number of rotatable bonds is 5. The van der Waals surface area contributed by atoms with Gasteiger partial charge in [0.2, 0.25) is 13.6 Å². The molecule has 6 nitrogen and oxygen atoms in total. The first-order valence-corrected chi connectivity index (χ1v) is 8.42. The second kappa shape index (κ2) is 6.37. The zero-order valence-corrected chi connectivity index (χ0v) is 14.5. The van der Waals surface area contributed by atoms with Crippen LogP contribution < -0.4 is 18.9 Å². The van der Waals surface area contributed by atoms with Crippen molar-refractivity contribution in [2.45, 2.75) is 13.8 Å². The van der Waals surface area contributed by atoms with Crippen molar-refractivity contribution in [1.29, 1.82) is 0 Å². The fraction of sp³-hybridized carbons (Fsp3) is 0.300. The largest absolute Gasteiger partial charge is 0.454 e. The van der Waals surface area contributed by atoms with Gasteiger partial charge in [-0.1, -0.05) is 13.8 Å². The van der Waals surface area contributed by atoms with Gasteiger partial charge in [0.05, 0.1) is 0 Å². The van der Waals surface area contributed by atoms with E-state index in [1.807, 2.05) is 0 Å². The van der Waals surface area contributed by atoms with Gasteiger partial charge in [-0.3, -0.25) is 9.59 Å². The van der Waals surface area contributed by atoms with E-state index in [2.05, 4.69) is 0 Å². The maximum Gasteiger partial charge on any atom is 0.231 e. The van der Waals surface area contributed by atoms with Crippen molar-refractivity contribution in [2.75, 3.05) is 13.6 Å². The van der Waals surface area contributed by atoms with Gasteiger partial charge < -0.3 is 18.9 Å². The molecule has 0 N–H and O–H groups in total. The number of fused-ring (bicyclic) bond motifs is 2. The third-order valence-electron chi connectivity index (χ3n) is 4.89. The summed E-state index contributed by atoms with van der Waals surface area (Å²) in [6.45, 7) is 3.84. The molecule has 2 heterocycles. The maximum atomic E-state index is 12.8. The van der Waals surface area contributed by atoms with Gasteiger partial charge in [-0.25, -0.2) is 0 Å². The zero-order chi connectivity index (χ0) is 18.3. The number of hydrogen-bond acceptors (Lipinski definition) is 6. The van der Waals surface area contributed by atoms with Gasteiger partial charge in [0.15, 0.2) is 34.6 Å². The molecule has 2 aromatic carbocycles. The van der Waals surface area contributed by atoms with E-state index < -0.39 is 11.8 Å². The monoisotopic (exact) mass is 354 g/mol. The third kappa shape index (κ3) is 2.77. The van der Waals surface area contributed by atoms with Crippen molar-refractivity contribution >= 4 is 11.6 Å². The Kier molecular flexibility index (Phi) is 4.03. The van der Waals surface area contributed by atoms with Crippen LogP contribution in [0.15, 0.2) is 36.4 Å². The van der Waals surface area contributed by atoms with Crippen LogP contribution >= 0.6 is 0 Å². The molecule has 2 aliphatic heterocycles. The van der Waals surface area contributed by atoms with Crippen molar-refractivity contribution in [3.05, 3.63) is 47.5 Å². The first-order valence-electron chi connectivity index (χ1n) is 8.42. The minimum absolute atomic E-state index is 0.107. The van der Waals surface area contributed by atoms with Gasteiger partial charge in [0.1, 0.15) is 0 Å². The highest BCUT2D eigenvalue weighted by Gasteiger charge is 2.29. The topological polar surface area (TPSA) is 71.1 Å². The number of Topliss-reactive ketones (excluding diaryl/α,β-unsaturated/α-hetero) is 2. The average molecular weight is 354 g/mol. The van der Waals surface area contributed by atoms with Gasteiger partial charge in [-0.15, -0.1) is 0 Å². The fourth-order valence-corrected chi connectivity index (χ4v) is 3.08. The van der Waals surface area contributed by atoms with Crippen LogP contribution in [0.5, 0.6) is 23.0 Å². The molecule has 0 bridgehead atoms. The minimum Gasteiger partial charge on any atom is -0.454 e. The van der Waals surface area contributed by atoms with Gasteiger partial charge in [-0.2, -0.15) is 0 Å². The lowest BCUT2D eigenvalue weighted by atomic mass is 9.83. The Hall–Kier alpha value is -3.02. The molecule has 26 heavy (non-hydrogen) atoms. The summed E-state index contributed by atoms with van der Waals surface area (Å²) in [4.78, 5) is 25.6. The summed E-state index contributed by atoms with van der Waals surface area (Å²) in [6.07, 6.45) is 0. The first-order chi connectivity index (χ1) is 12.5. The highest BCUT2D eigenvalue weighted by molar-refractivity contribution is 6.05. The molecule has 0 spiro atoms. The normalized spacial score (nSPS) is 16.2. The third-order valence-corrected chi connectivity index (χ3v) is 4.89. The molecule has 4 rings (SSSR count). The molecular weight excluding hydrogens is 336 g/mol. The highest BCUT2D eigenvalue weighted by atomic mass is 16.7. The predicted molar refractivity (Wildman–Crippen MR) is 92.1 cm³/mol. The van der Waals surface area contributed by atoms with Crippen LogP contribution in [-0.4, -0.2) is 25.2 Å². The molecule has 0 fully saturated rings. The summed E-state index contributed by atoms with van der Waals surface area (Å²) in [5.41, 5.74) is 1.01. The molecule has 0 saturated heterocycles. The fourth-order valence-electron chi connectivity index (χ4n) is 3.08. The van der Waals surface area contributed by atoms with Crippen LogP contribution in [0.25, 0.3) is 0 Å². The van der Waals surface area contributed by atoms with E-state index in [1.165, 1.54) is 0 Å². The van der Waals surface area contributed by atoms with Crippen LogP contribution in [0.3, 0.4) is 0 Å². The maximum absolute atomic E-state index is 12.8. The molecule has 6 heteroatoms. The minimum atomic E-state index is -0.478. The number of ketones is 2. The SMILES string of the molecule is C[C@H](C(=O)c1ccc2c(c1)OCO2)[C@H](C)C(=O)c1ccc2c(c1)OCO2. The van der Waals surface area contributed by atoms with Crippen LogP contribution in [-0.2, 0) is 0 Å². The Balaban J connectivity index is 1.52. The second-order valence-corrected chi connectivity index (χ2v) is 6.44. The van der Waals surface area contributed by atoms with Gasteiger partial charge in [0.25, 0.3) is 0 Å². The molecule has 2 atom stereocenters.